The Kier molecular flexibility index (Phi) is 12.6. The van der Waals surface area contributed by atoms with Gasteiger partial charge in [0, 0.05) is 39.1 Å². The molecule has 22 heavy (non-hydrogen) atoms. The molecule has 0 radical (unpaired) electrons. The minimum Gasteiger partial charge on any atom is -0.357 e. The van der Waals surface area contributed by atoms with Gasteiger partial charge in [0.05, 0.1) is 0 Å². The average molecular weight is 424 g/mol. The van der Waals surface area contributed by atoms with Gasteiger partial charge in [0.1, 0.15) is 0 Å². The lowest BCUT2D eigenvalue weighted by Gasteiger charge is -2.19. The summed E-state index contributed by atoms with van der Waals surface area (Å²) in [6.07, 6.45) is 5.82. The highest BCUT2D eigenvalue weighted by molar-refractivity contribution is 14.0. The number of halogens is 1. The number of hydrogen-bond acceptors (Lipinski definition) is 2. The third-order valence-corrected chi connectivity index (χ3v) is 3.83. The maximum absolute atomic E-state index is 11.9. The van der Waals surface area contributed by atoms with Crippen LogP contribution in [-0.2, 0) is 4.79 Å². The molecule has 1 aliphatic carbocycles. The van der Waals surface area contributed by atoms with Crippen molar-refractivity contribution in [2.75, 3.05) is 32.7 Å². The lowest BCUT2D eigenvalue weighted by molar-refractivity contribution is -0.130. The van der Waals surface area contributed by atoms with Gasteiger partial charge < -0.3 is 15.5 Å². The Morgan fingerprint density at radius 2 is 1.86 bits per heavy atom. The summed E-state index contributed by atoms with van der Waals surface area (Å²) in [5, 5.41) is 6.48. The summed E-state index contributed by atoms with van der Waals surface area (Å²) in [6.45, 7) is 10.0. The molecular weight excluding hydrogens is 391 g/mol. The van der Waals surface area contributed by atoms with Crippen LogP contribution in [-0.4, -0.2) is 49.5 Å². The van der Waals surface area contributed by atoms with Gasteiger partial charge in [-0.3, -0.25) is 9.79 Å². The molecular formula is C16H33IN4O. The van der Waals surface area contributed by atoms with Crippen LogP contribution in [0.2, 0.25) is 0 Å². The molecule has 5 nitrogen and oxygen atoms in total. The summed E-state index contributed by atoms with van der Waals surface area (Å²) in [7, 11) is 0. The molecule has 0 aromatic heterocycles. The zero-order valence-electron chi connectivity index (χ0n) is 14.4. The molecule has 0 heterocycles. The molecule has 1 fully saturated rings. The molecule has 0 bridgehead atoms. The Labute approximate surface area is 152 Å². The maximum Gasteiger partial charge on any atom is 0.224 e. The van der Waals surface area contributed by atoms with Crippen LogP contribution in [0.5, 0.6) is 0 Å². The van der Waals surface area contributed by atoms with Crippen molar-refractivity contribution in [1.29, 1.82) is 0 Å². The summed E-state index contributed by atoms with van der Waals surface area (Å²) >= 11 is 0. The van der Waals surface area contributed by atoms with Crippen molar-refractivity contribution in [2.24, 2.45) is 10.9 Å². The molecule has 1 saturated carbocycles. The number of carbonyl (C=O) groups excluding carboxylic acids is 1. The van der Waals surface area contributed by atoms with Crippen LogP contribution in [0.1, 0.15) is 52.9 Å². The van der Waals surface area contributed by atoms with Crippen molar-refractivity contribution in [1.82, 2.24) is 15.5 Å². The molecule has 0 saturated heterocycles. The quantitative estimate of drug-likeness (QED) is 0.245. The fourth-order valence-corrected chi connectivity index (χ4v) is 2.34. The van der Waals surface area contributed by atoms with Gasteiger partial charge in [-0.15, -0.1) is 24.0 Å². The molecule has 1 rings (SSSR count). The Bertz CT molecular complexity index is 328. The van der Waals surface area contributed by atoms with Crippen LogP contribution in [0.3, 0.4) is 0 Å². The SMILES string of the molecule is CCNC(=NCCCC1CC1)NCCC(=O)N(CC)CC.I. The minimum atomic E-state index is 0. The highest BCUT2D eigenvalue weighted by Gasteiger charge is 2.19. The van der Waals surface area contributed by atoms with Crippen LogP contribution < -0.4 is 10.6 Å². The number of guanidine groups is 1. The normalized spacial score (nSPS) is 14.2. The second-order valence-electron chi connectivity index (χ2n) is 5.59. The Morgan fingerprint density at radius 1 is 1.18 bits per heavy atom. The summed E-state index contributed by atoms with van der Waals surface area (Å²) in [5.74, 6) is 2.01. The maximum atomic E-state index is 11.9. The molecule has 130 valence electrons. The molecule has 1 aliphatic rings. The largest absolute Gasteiger partial charge is 0.357 e. The van der Waals surface area contributed by atoms with Gasteiger partial charge in [-0.05, 0) is 39.5 Å². The van der Waals surface area contributed by atoms with E-state index in [0.29, 0.717) is 13.0 Å². The number of rotatable bonds is 10. The van der Waals surface area contributed by atoms with Crippen molar-refractivity contribution in [3.63, 3.8) is 0 Å². The number of amides is 1. The molecule has 0 unspecified atom stereocenters. The average Bonchev–Trinajstić information content (AvgIpc) is 3.29. The van der Waals surface area contributed by atoms with Crippen molar-refractivity contribution in [2.45, 2.75) is 52.9 Å². The van der Waals surface area contributed by atoms with Gasteiger partial charge in [0.15, 0.2) is 5.96 Å². The highest BCUT2D eigenvalue weighted by Crippen LogP contribution is 2.33. The molecule has 6 heteroatoms. The lowest BCUT2D eigenvalue weighted by Crippen LogP contribution is -2.40. The number of nitrogens with one attached hydrogen (secondary N) is 2. The summed E-state index contributed by atoms with van der Waals surface area (Å²) in [5.41, 5.74) is 0. The van der Waals surface area contributed by atoms with Crippen LogP contribution in [0, 0.1) is 5.92 Å². The predicted octanol–water partition coefficient (Wildman–Crippen LogP) is 2.61. The van der Waals surface area contributed by atoms with Gasteiger partial charge in [0.2, 0.25) is 5.91 Å². The monoisotopic (exact) mass is 424 g/mol. The second-order valence-corrected chi connectivity index (χ2v) is 5.59. The second kappa shape index (κ2) is 13.0. The summed E-state index contributed by atoms with van der Waals surface area (Å²) in [4.78, 5) is 18.3. The Hall–Kier alpha value is -0.530. The highest BCUT2D eigenvalue weighted by atomic mass is 127. The fourth-order valence-electron chi connectivity index (χ4n) is 2.34. The van der Waals surface area contributed by atoms with E-state index in [1.807, 2.05) is 18.7 Å². The fraction of sp³-hybridized carbons (Fsp3) is 0.875. The Balaban J connectivity index is 0.00000441. The molecule has 0 spiro atoms. The standard InChI is InChI=1S/C16H32N4O.HI/c1-4-17-16(18-12-7-8-14-9-10-14)19-13-11-15(21)20(5-2)6-3;/h14H,4-13H2,1-3H3,(H2,17,18,19);1H. The van der Waals surface area contributed by atoms with Crippen LogP contribution in [0.4, 0.5) is 0 Å². The Morgan fingerprint density at radius 3 is 2.41 bits per heavy atom. The topological polar surface area (TPSA) is 56.7 Å². The zero-order chi connectivity index (χ0) is 15.5. The predicted molar refractivity (Wildman–Crippen MR) is 104 cm³/mol. The summed E-state index contributed by atoms with van der Waals surface area (Å²) < 4.78 is 0. The van der Waals surface area contributed by atoms with Crippen LogP contribution in [0.25, 0.3) is 0 Å². The molecule has 1 amide bonds. The van der Waals surface area contributed by atoms with Gasteiger partial charge in [-0.25, -0.2) is 0 Å². The first kappa shape index (κ1) is 21.5. The molecule has 0 aliphatic heterocycles. The number of carbonyl (C=O) groups is 1. The van der Waals surface area contributed by atoms with Gasteiger partial charge >= 0.3 is 0 Å². The molecule has 0 aromatic rings. The number of hydrogen-bond donors (Lipinski definition) is 2. The molecule has 0 aromatic carbocycles. The van der Waals surface area contributed by atoms with E-state index in [1.165, 1.54) is 25.7 Å². The van der Waals surface area contributed by atoms with E-state index in [-0.39, 0.29) is 29.9 Å². The van der Waals surface area contributed by atoms with Crippen molar-refractivity contribution < 1.29 is 4.79 Å². The van der Waals surface area contributed by atoms with Crippen molar-refractivity contribution >= 4 is 35.8 Å². The zero-order valence-corrected chi connectivity index (χ0v) is 16.7. The minimum absolute atomic E-state index is 0. The third-order valence-electron chi connectivity index (χ3n) is 3.83. The van der Waals surface area contributed by atoms with E-state index in [4.69, 9.17) is 0 Å². The van der Waals surface area contributed by atoms with Crippen molar-refractivity contribution in [3.05, 3.63) is 0 Å². The van der Waals surface area contributed by atoms with Gasteiger partial charge in [-0.1, -0.05) is 12.8 Å². The number of aliphatic imine (C=N–C) groups is 1. The first-order chi connectivity index (χ1) is 10.2. The lowest BCUT2D eigenvalue weighted by atomic mass is 10.2. The smallest absolute Gasteiger partial charge is 0.224 e. The van der Waals surface area contributed by atoms with E-state index < -0.39 is 0 Å². The number of nitrogens with zero attached hydrogens (tertiary/aromatic N) is 2. The summed E-state index contributed by atoms with van der Waals surface area (Å²) in [6, 6.07) is 0. The van der Waals surface area contributed by atoms with Crippen molar-refractivity contribution in [3.8, 4) is 0 Å². The van der Waals surface area contributed by atoms with E-state index in [0.717, 1.165) is 38.1 Å². The first-order valence-electron chi connectivity index (χ1n) is 8.51. The van der Waals surface area contributed by atoms with Crippen LogP contribution in [0.15, 0.2) is 4.99 Å². The third kappa shape index (κ3) is 9.48. The first-order valence-corrected chi connectivity index (χ1v) is 8.51. The van der Waals surface area contributed by atoms with Gasteiger partial charge in [-0.2, -0.15) is 0 Å². The molecule has 0 atom stereocenters. The molecule has 2 N–H and O–H groups in total. The van der Waals surface area contributed by atoms with E-state index in [2.05, 4.69) is 22.5 Å². The van der Waals surface area contributed by atoms with E-state index >= 15 is 0 Å². The van der Waals surface area contributed by atoms with E-state index in [1.54, 1.807) is 0 Å². The van der Waals surface area contributed by atoms with Crippen LogP contribution >= 0.6 is 24.0 Å². The van der Waals surface area contributed by atoms with Gasteiger partial charge in [0.25, 0.3) is 0 Å². The van der Waals surface area contributed by atoms with E-state index in [9.17, 15) is 4.79 Å².